The number of piperazine rings is 1. The molecule has 4 aromatic rings. The van der Waals surface area contributed by atoms with E-state index in [0.29, 0.717) is 48.6 Å². The summed E-state index contributed by atoms with van der Waals surface area (Å²) in [6.07, 6.45) is 0.724. The lowest BCUT2D eigenvalue weighted by Gasteiger charge is -2.34. The predicted octanol–water partition coefficient (Wildman–Crippen LogP) is 5.40. The summed E-state index contributed by atoms with van der Waals surface area (Å²) < 4.78 is 0. The Bertz CT molecular complexity index is 1370. The number of hydrogen-bond acceptors (Lipinski definition) is 6. The zero-order valence-electron chi connectivity index (χ0n) is 21.4. The summed E-state index contributed by atoms with van der Waals surface area (Å²) in [6, 6.07) is 27.5. The monoisotopic (exact) mass is 559 g/mol. The molecule has 1 unspecified atom stereocenters. The van der Waals surface area contributed by atoms with E-state index in [2.05, 4.69) is 32.7 Å². The first-order valence-corrected chi connectivity index (χ1v) is 14.2. The minimum atomic E-state index is -0.107. The Morgan fingerprint density at radius 3 is 2.26 bits per heavy atom. The van der Waals surface area contributed by atoms with Gasteiger partial charge in [-0.25, -0.2) is 4.98 Å². The van der Waals surface area contributed by atoms with Crippen molar-refractivity contribution in [2.24, 2.45) is 0 Å². The molecule has 0 spiro atoms. The molecule has 0 saturated carbocycles. The van der Waals surface area contributed by atoms with Crippen molar-refractivity contribution in [3.63, 3.8) is 0 Å². The van der Waals surface area contributed by atoms with Crippen LogP contribution in [0.3, 0.4) is 0 Å². The highest BCUT2D eigenvalue weighted by molar-refractivity contribution is 7.14. The summed E-state index contributed by atoms with van der Waals surface area (Å²) in [7, 11) is 0. The van der Waals surface area contributed by atoms with Gasteiger partial charge in [0.1, 0.15) is 5.69 Å². The first-order valence-electron chi connectivity index (χ1n) is 12.9. The third-order valence-electron chi connectivity index (χ3n) is 6.67. The van der Waals surface area contributed by atoms with E-state index >= 15 is 0 Å². The van der Waals surface area contributed by atoms with Gasteiger partial charge >= 0.3 is 0 Å². The normalized spacial score (nSPS) is 14.5. The fourth-order valence-corrected chi connectivity index (χ4v) is 5.42. The molecule has 1 aliphatic rings. The summed E-state index contributed by atoms with van der Waals surface area (Å²) in [4.78, 5) is 34.4. The fraction of sp³-hybridized carbons (Fsp3) is 0.233. The lowest BCUT2D eigenvalue weighted by Crippen LogP contribution is -2.51. The molecule has 2 N–H and O–H groups in total. The zero-order chi connectivity index (χ0) is 27.0. The maximum Gasteiger partial charge on any atom is 0.273 e. The lowest BCUT2D eigenvalue weighted by atomic mass is 9.99. The van der Waals surface area contributed by atoms with Crippen molar-refractivity contribution in [3.05, 3.63) is 112 Å². The smallest absolute Gasteiger partial charge is 0.273 e. The van der Waals surface area contributed by atoms with Crippen molar-refractivity contribution >= 4 is 45.6 Å². The molecule has 1 aliphatic heterocycles. The van der Waals surface area contributed by atoms with Gasteiger partial charge in [0, 0.05) is 42.3 Å². The van der Waals surface area contributed by atoms with Crippen LogP contribution in [0.25, 0.3) is 0 Å². The Balaban J connectivity index is 1.12. The molecular weight excluding hydrogens is 530 g/mol. The average molecular weight is 560 g/mol. The Labute approximate surface area is 237 Å². The molecule has 39 heavy (non-hydrogen) atoms. The minimum Gasteiger partial charge on any atom is -0.348 e. The quantitative estimate of drug-likeness (QED) is 0.287. The highest BCUT2D eigenvalue weighted by Gasteiger charge is 2.25. The van der Waals surface area contributed by atoms with Gasteiger partial charge in [-0.3, -0.25) is 14.5 Å². The molecule has 1 saturated heterocycles. The number of thiazole rings is 1. The molecule has 9 heteroatoms. The maximum atomic E-state index is 13.0. The molecule has 200 valence electrons. The Kier molecular flexibility index (Phi) is 8.88. The van der Waals surface area contributed by atoms with Gasteiger partial charge in [0.2, 0.25) is 5.91 Å². The van der Waals surface area contributed by atoms with Crippen molar-refractivity contribution in [3.8, 4) is 0 Å². The van der Waals surface area contributed by atoms with E-state index < -0.39 is 0 Å². The zero-order valence-corrected chi connectivity index (χ0v) is 23.0. The second kappa shape index (κ2) is 12.9. The van der Waals surface area contributed by atoms with Crippen LogP contribution in [0.4, 0.5) is 10.8 Å². The number of nitrogens with one attached hydrogen (secondary N) is 2. The third-order valence-corrected chi connectivity index (χ3v) is 7.68. The van der Waals surface area contributed by atoms with Gasteiger partial charge in [-0.05, 0) is 41.8 Å². The van der Waals surface area contributed by atoms with Crippen molar-refractivity contribution in [2.45, 2.75) is 12.5 Å². The molecule has 1 fully saturated rings. The largest absolute Gasteiger partial charge is 0.348 e. The maximum absolute atomic E-state index is 13.0. The highest BCUT2D eigenvalue weighted by Crippen LogP contribution is 2.23. The highest BCUT2D eigenvalue weighted by atomic mass is 35.5. The molecule has 3 aromatic carbocycles. The van der Waals surface area contributed by atoms with Crippen molar-refractivity contribution < 1.29 is 9.59 Å². The van der Waals surface area contributed by atoms with E-state index in [1.54, 1.807) is 22.4 Å². The minimum absolute atomic E-state index is 0.0167. The molecule has 1 aromatic heterocycles. The van der Waals surface area contributed by atoms with Crippen molar-refractivity contribution in [1.82, 2.24) is 20.1 Å². The van der Waals surface area contributed by atoms with Gasteiger partial charge < -0.3 is 15.5 Å². The van der Waals surface area contributed by atoms with Crippen LogP contribution in [0, 0.1) is 0 Å². The number of carbonyl (C=O) groups is 2. The summed E-state index contributed by atoms with van der Waals surface area (Å²) in [5, 5.41) is 9.53. The van der Waals surface area contributed by atoms with Crippen LogP contribution in [0.2, 0.25) is 5.02 Å². The Morgan fingerprint density at radius 2 is 1.56 bits per heavy atom. The average Bonchev–Trinajstić information content (AvgIpc) is 3.43. The van der Waals surface area contributed by atoms with Crippen LogP contribution in [0.5, 0.6) is 0 Å². The van der Waals surface area contributed by atoms with Crippen LogP contribution in [-0.2, 0) is 11.2 Å². The summed E-state index contributed by atoms with van der Waals surface area (Å²) in [5.74, 6) is -0.108. The first kappa shape index (κ1) is 26.9. The number of nitrogens with zero attached hydrogens (tertiary/aromatic N) is 3. The van der Waals surface area contributed by atoms with E-state index in [4.69, 9.17) is 11.6 Å². The molecule has 0 radical (unpaired) electrons. The summed E-state index contributed by atoms with van der Waals surface area (Å²) in [5.41, 5.74) is 3.54. The van der Waals surface area contributed by atoms with E-state index in [-0.39, 0.29) is 17.9 Å². The van der Waals surface area contributed by atoms with Crippen LogP contribution >= 0.6 is 22.9 Å². The van der Waals surface area contributed by atoms with Crippen LogP contribution < -0.4 is 10.6 Å². The molecule has 2 heterocycles. The van der Waals surface area contributed by atoms with Gasteiger partial charge in [0.25, 0.3) is 5.91 Å². The van der Waals surface area contributed by atoms with E-state index in [1.165, 1.54) is 16.9 Å². The van der Waals surface area contributed by atoms with Gasteiger partial charge in [-0.2, -0.15) is 0 Å². The molecule has 0 bridgehead atoms. The SMILES string of the molecule is O=C(CN1CCN(C(=O)c2csc(Nc3ccc(Cl)cc3)n2)CC1)NC(Cc1ccccc1)c1ccccc1. The number of aromatic nitrogens is 1. The molecule has 0 aliphatic carbocycles. The van der Waals surface area contributed by atoms with Gasteiger partial charge in [0.05, 0.1) is 12.6 Å². The van der Waals surface area contributed by atoms with Crippen LogP contribution in [-0.4, -0.2) is 59.3 Å². The number of amides is 2. The Hall–Kier alpha value is -3.72. The topological polar surface area (TPSA) is 77.6 Å². The molecule has 5 rings (SSSR count). The lowest BCUT2D eigenvalue weighted by molar-refractivity contribution is -0.123. The van der Waals surface area contributed by atoms with Crippen molar-refractivity contribution in [2.75, 3.05) is 38.0 Å². The van der Waals surface area contributed by atoms with Gasteiger partial charge in [-0.15, -0.1) is 11.3 Å². The molecule has 7 nitrogen and oxygen atoms in total. The van der Waals surface area contributed by atoms with E-state index in [9.17, 15) is 9.59 Å². The molecule has 1 atom stereocenters. The molecular formula is C30H30ClN5O2S. The number of halogens is 1. The first-order chi connectivity index (χ1) is 19.0. The Morgan fingerprint density at radius 1 is 0.897 bits per heavy atom. The fourth-order valence-electron chi connectivity index (χ4n) is 4.59. The predicted molar refractivity (Wildman–Crippen MR) is 157 cm³/mol. The number of hydrogen-bond donors (Lipinski definition) is 2. The van der Waals surface area contributed by atoms with E-state index in [0.717, 1.165) is 17.7 Å². The number of rotatable bonds is 9. The summed E-state index contributed by atoms with van der Waals surface area (Å²) in [6.45, 7) is 2.67. The van der Waals surface area contributed by atoms with E-state index in [1.807, 2.05) is 60.7 Å². The van der Waals surface area contributed by atoms with Crippen LogP contribution in [0.15, 0.2) is 90.3 Å². The second-order valence-corrected chi connectivity index (χ2v) is 10.8. The van der Waals surface area contributed by atoms with Gasteiger partial charge in [0.15, 0.2) is 5.13 Å². The van der Waals surface area contributed by atoms with Crippen LogP contribution in [0.1, 0.15) is 27.7 Å². The van der Waals surface area contributed by atoms with Gasteiger partial charge in [-0.1, -0.05) is 72.3 Å². The van der Waals surface area contributed by atoms with Crippen molar-refractivity contribution in [1.29, 1.82) is 0 Å². The standard InChI is InChI=1S/C30H30ClN5O2S/c31-24-11-13-25(14-12-24)32-30-34-27(21-39-30)29(38)36-17-15-35(16-18-36)20-28(37)33-26(23-9-5-2-6-10-23)19-22-7-3-1-4-8-22/h1-14,21,26H,15-20H2,(H,32,34)(H,33,37). The number of anilines is 2. The summed E-state index contributed by atoms with van der Waals surface area (Å²) >= 11 is 7.33. The number of benzene rings is 3. The molecule has 2 amide bonds. The number of carbonyl (C=O) groups excluding carboxylic acids is 2. The third kappa shape index (κ3) is 7.44. The second-order valence-electron chi connectivity index (χ2n) is 9.46.